The zero-order valence-electron chi connectivity index (χ0n) is 81.6. The van der Waals surface area contributed by atoms with Crippen LogP contribution in [-0.2, 0) is 86.5 Å². The number of halogens is 8. The van der Waals surface area contributed by atoms with Crippen molar-refractivity contribution < 1.29 is 175 Å². The summed E-state index contributed by atoms with van der Waals surface area (Å²) in [5, 5.41) is 50.0. The Balaban J connectivity index is 0.00000164. The van der Waals surface area contributed by atoms with Crippen molar-refractivity contribution in [2.75, 3.05) is 58.0 Å². The number of aliphatic hydroxyl groups excluding tert-OH is 4. The van der Waals surface area contributed by atoms with E-state index in [9.17, 15) is 52.7 Å². The van der Waals surface area contributed by atoms with Gasteiger partial charge in [0.15, 0.2) is 12.2 Å². The van der Waals surface area contributed by atoms with Gasteiger partial charge < -0.3 is 80.2 Å². The number of fused-ring (bicyclic) bond motifs is 4. The number of carboxylic acid groups (broad SMARTS) is 2. The van der Waals surface area contributed by atoms with Gasteiger partial charge >= 0.3 is 69.3 Å². The smallest absolute Gasteiger partial charge is 1.00 e. The second kappa shape index (κ2) is 73.8. The molecule has 9 aromatic heterocycles. The number of aliphatic carboxylic acids is 2. The SMILES string of the molecule is CC(=O)O.CC(=O)OCc1ccc(N2C(=O)c3ccccc3C2=O)nc1.CC(=O)[O-].CO.Cc1c(CCO)sc[n+]1Cc1ccc(N)nc1.Cc1ccc(N)nc1.Cc1ccc(N2C(=O)c3ccccc3C2=O)nc1.Cc1ncsc1CCO.Cl.Cl.NN.Nc1ccc(CCl)cn1.Nc1ccc(CO)cn1.O=C1CCC(=O)N1Br.O=C1OC(=O)c2ccccc21.O=C1c2ccccc2C(=O)N1c1ccc(CBr)cn1.O=S(Cl)Cl.[Cl-].[K+]. The normalized spacial score (nSPS) is 11.6. The second-order valence-electron chi connectivity index (χ2n) is 29.1. The number of anilines is 7. The predicted molar refractivity (Wildman–Crippen MR) is 571 cm³/mol. The summed E-state index contributed by atoms with van der Waals surface area (Å²) >= 11 is 14.9. The summed E-state index contributed by atoms with van der Waals surface area (Å²) in [5.74, 6) is 5.87. The minimum absolute atomic E-state index is 0. The van der Waals surface area contributed by atoms with Gasteiger partial charge in [0.25, 0.3) is 41.4 Å². The molecule has 13 aromatic rings. The van der Waals surface area contributed by atoms with Crippen LogP contribution in [0.2, 0.25) is 0 Å². The Kier molecular flexibility index (Phi) is 67.8. The van der Waals surface area contributed by atoms with E-state index in [1.807, 2.05) is 57.2 Å². The third kappa shape index (κ3) is 46.3. The van der Waals surface area contributed by atoms with E-state index in [0.717, 1.165) is 98.0 Å². The number of amides is 8. The zero-order chi connectivity index (χ0) is 109. The summed E-state index contributed by atoms with van der Waals surface area (Å²) < 4.78 is 21.4. The fourth-order valence-corrected chi connectivity index (χ4v) is 14.3. The monoisotopic (exact) mass is 2390 g/mol. The molecule has 41 nitrogen and oxygen atoms in total. The molecule has 1 saturated heterocycles. The molecular weight excluding hydrogens is 2290 g/mol. The molecule has 17 N–H and O–H groups in total. The number of carboxylic acids is 2. The number of carbonyl (C=O) groups is 13. The molecule has 18 rings (SSSR count). The predicted octanol–water partition coefficient (Wildman–Crippen LogP) is 5.95. The van der Waals surface area contributed by atoms with Crippen LogP contribution in [0.15, 0.2) is 236 Å². The summed E-state index contributed by atoms with van der Waals surface area (Å²) in [7, 11) is 8.36. The number of hydrogen-bond donors (Lipinski definition) is 11. The van der Waals surface area contributed by atoms with Crippen molar-refractivity contribution in [3.8, 4) is 0 Å². The van der Waals surface area contributed by atoms with Gasteiger partial charge in [-0.2, -0.15) is 4.57 Å². The van der Waals surface area contributed by atoms with Crippen molar-refractivity contribution in [1.82, 2.24) is 43.8 Å². The number of cyclic esters (lactones) is 2. The van der Waals surface area contributed by atoms with Crippen molar-refractivity contribution in [2.45, 2.75) is 105 Å². The van der Waals surface area contributed by atoms with Gasteiger partial charge in [-0.15, -0.1) is 47.8 Å². The van der Waals surface area contributed by atoms with Crippen LogP contribution in [-0.4, -0.2) is 171 Å². The molecule has 0 saturated carbocycles. The van der Waals surface area contributed by atoms with Gasteiger partial charge in [-0.05, 0) is 153 Å². The van der Waals surface area contributed by atoms with Crippen molar-refractivity contribution in [3.05, 3.63) is 341 Å². The second-order valence-corrected chi connectivity index (χ2v) is 35.1. The first-order chi connectivity index (χ1) is 69.7. The number of hydrogen-bond acceptors (Lipinski definition) is 37. The van der Waals surface area contributed by atoms with Gasteiger partial charge in [0.2, 0.25) is 26.6 Å². The number of aromatic nitrogens is 9. The van der Waals surface area contributed by atoms with Gasteiger partial charge in [-0.25, -0.2) is 72.3 Å². The number of carbonyl (C=O) groups excluding carboxylic acids is 12. The molecule has 0 radical (unpaired) electrons. The fraction of sp³-hybridized carbons (Fsp3) is 0.196. The molecule has 0 bridgehead atoms. The summed E-state index contributed by atoms with van der Waals surface area (Å²) in [5.41, 5.74) is 37.5. The number of hydrazine groups is 1. The van der Waals surface area contributed by atoms with Crippen LogP contribution in [0.3, 0.4) is 0 Å². The van der Waals surface area contributed by atoms with Gasteiger partial charge in [0, 0.05) is 165 Å². The molecule has 1 fully saturated rings. The molecule has 0 unspecified atom stereocenters. The van der Waals surface area contributed by atoms with Crippen molar-refractivity contribution >= 4 is 240 Å². The molecule has 5 aliphatic heterocycles. The quantitative estimate of drug-likeness (QED) is 0.00572. The largest absolute Gasteiger partial charge is 1.00 e. The fourth-order valence-electron chi connectivity index (χ4n) is 11.7. The maximum absolute atomic E-state index is 12.3. The minimum atomic E-state index is -1.67. The Morgan fingerprint density at radius 3 is 1.06 bits per heavy atom. The molecule has 8 amide bonds. The third-order valence-corrected chi connectivity index (χ3v) is 22.5. The van der Waals surface area contributed by atoms with Crippen molar-refractivity contribution in [2.24, 2.45) is 11.7 Å². The first kappa shape index (κ1) is 138. The maximum Gasteiger partial charge on any atom is 1.00 e. The number of benzene rings is 4. The molecular formula is C97H104Br2Cl6KN19O22S3. The number of alkyl halides is 2. The van der Waals surface area contributed by atoms with Crippen LogP contribution in [0.1, 0.15) is 177 Å². The Morgan fingerprint density at radius 1 is 0.480 bits per heavy atom. The van der Waals surface area contributed by atoms with Gasteiger partial charge in [0.1, 0.15) is 47.3 Å². The van der Waals surface area contributed by atoms with E-state index in [0.29, 0.717) is 109 Å². The average Bonchev–Trinajstić information content (AvgIpc) is 1.63. The summed E-state index contributed by atoms with van der Waals surface area (Å²) in [4.78, 5) is 182. The number of imide groups is 4. The Morgan fingerprint density at radius 2 is 0.787 bits per heavy atom. The third-order valence-electron chi connectivity index (χ3n) is 18.6. The number of nitrogens with two attached hydrogens (primary N) is 6. The minimum Gasteiger partial charge on any atom is -1.00 e. The zero-order valence-corrected chi connectivity index (χ0v) is 95.0. The van der Waals surface area contributed by atoms with Crippen LogP contribution in [0, 0.1) is 27.7 Å². The van der Waals surface area contributed by atoms with Gasteiger partial charge in [0.05, 0.1) is 83.3 Å². The number of esters is 3. The van der Waals surface area contributed by atoms with Gasteiger partial charge in [-0.3, -0.25) is 59.6 Å². The van der Waals surface area contributed by atoms with Crippen LogP contribution in [0.5, 0.6) is 0 Å². The first-order valence-electron chi connectivity index (χ1n) is 42.4. The number of pyridine rings is 7. The molecule has 14 heterocycles. The number of thiazole rings is 2. The van der Waals surface area contributed by atoms with E-state index in [1.165, 1.54) is 28.6 Å². The van der Waals surface area contributed by atoms with E-state index in [1.54, 1.807) is 211 Å². The maximum atomic E-state index is 12.3. The molecule has 0 aliphatic carbocycles. The number of aliphatic hydroxyl groups is 4. The van der Waals surface area contributed by atoms with E-state index >= 15 is 0 Å². The van der Waals surface area contributed by atoms with E-state index in [-0.39, 0.29) is 174 Å². The van der Waals surface area contributed by atoms with E-state index in [2.05, 4.69) is 127 Å². The summed E-state index contributed by atoms with van der Waals surface area (Å²) in [6, 6.07) is 51.5. The molecule has 0 atom stereocenters. The molecule has 53 heteroatoms. The van der Waals surface area contributed by atoms with Crippen LogP contribution < -0.4 is 123 Å². The topological polar surface area (TPSA) is 658 Å². The molecule has 0 spiro atoms. The molecule has 794 valence electrons. The summed E-state index contributed by atoms with van der Waals surface area (Å²) in [6.45, 7) is 12.6. The molecule has 5 aliphatic rings. The van der Waals surface area contributed by atoms with Crippen LogP contribution in [0.4, 0.5) is 40.7 Å². The van der Waals surface area contributed by atoms with Gasteiger partial charge in [-0.1, -0.05) is 112 Å². The van der Waals surface area contributed by atoms with Crippen LogP contribution in [0.25, 0.3) is 0 Å². The first-order valence-corrected chi connectivity index (χ1v) is 49.4. The number of rotatable bonds is 14. The number of nitrogen functional groups attached to an aromatic ring is 4. The standard InChI is InChI=1S/C16H12N2O4.C14H9BrN2O2.C14H10N2O2.C12H16N3OS.C8H4O3.C6H7ClN2.C6H8N2O.C6H8N2.C6H9NOS.C4H4BrNO2.2C2H4O2.CH4O.Cl2OS.3ClH.K.H4N2/c1-10(19)22-9-11-6-7-14(17-8-11)18-15(20)12-4-2-3-5-13(12)16(18)21;15-7-9-5-6-12(16-8-9)17-13(18)10-3-1-2-4-11(10)14(17)19;1-9-6-7-12(15-8-9)16-13(17)10-4-2-3-5-11(10)14(16)18;1-9-11(4-5-16)17-8-15(9)7-10-2-3-12(13)14-6-10;9-7-5-3-1-2-4-6(5)8(10)11-7;7-3-5-1-2-6(8)9-4-5;7-6-2-1-5(4-9)3-8-6;1-5-2-3-6(7)8-4-5;1-5-6(2-3-8)9-4-7-5;5-6-3(7)1-2-4(6)8;2*1-2(3)4;1-2;1-4(2)3;;;;;1-2/h2-8H,9H2,1H3;1-6,8H,7H2;2-8H,1H3;2-3,6,8,16H,4-5,7H2,1H3,(H2,13,14);1-4H;1-2,4H,3H2,(H2,8,9);1-3,9H,4H2,(H2,7,8);2-4H,1H3,(H2,7,8);4,8H,2-3H2,1H3;1-2H2;2*1H3,(H,3,4);2H,1H3;;3*1H;;1-2H2/q;;;+1;;;;;;;;;;;;;;+1;/p-2. The molecule has 4 aromatic carbocycles. The number of aryl methyl sites for hydroxylation is 3. The summed E-state index contributed by atoms with van der Waals surface area (Å²) in [6.07, 6.45) is 13.7. The Labute approximate surface area is 964 Å². The van der Waals surface area contributed by atoms with Crippen molar-refractivity contribution in [3.63, 3.8) is 0 Å². The Hall–Kier alpha value is -12.3. The average molecular weight is 2400 g/mol. The van der Waals surface area contributed by atoms with Crippen molar-refractivity contribution in [1.29, 1.82) is 0 Å². The van der Waals surface area contributed by atoms with E-state index < -0.39 is 33.1 Å². The van der Waals surface area contributed by atoms with Crippen LogP contribution >= 0.6 is 113 Å². The van der Waals surface area contributed by atoms with E-state index in [4.69, 9.17) is 83.7 Å². The molecule has 150 heavy (non-hydrogen) atoms. The number of nitrogens with zero attached hydrogens (tertiary/aromatic N) is 13. The Bertz CT molecular complexity index is 6300. The number of ether oxygens (including phenoxy) is 2.